The van der Waals surface area contributed by atoms with E-state index < -0.39 is 0 Å². The van der Waals surface area contributed by atoms with Gasteiger partial charge in [-0.15, -0.1) is 11.3 Å². The van der Waals surface area contributed by atoms with Crippen LogP contribution in [0, 0.1) is 13.8 Å². The summed E-state index contributed by atoms with van der Waals surface area (Å²) >= 11 is 1.76. The van der Waals surface area contributed by atoms with Crippen molar-refractivity contribution in [2.24, 2.45) is 5.84 Å². The van der Waals surface area contributed by atoms with Gasteiger partial charge in [0, 0.05) is 22.2 Å². The molecule has 112 valence electrons. The van der Waals surface area contributed by atoms with E-state index in [1.807, 2.05) is 26.0 Å². The highest BCUT2D eigenvalue weighted by atomic mass is 32.1. The van der Waals surface area contributed by atoms with Crippen LogP contribution in [0.25, 0.3) is 0 Å². The van der Waals surface area contributed by atoms with E-state index in [9.17, 15) is 4.79 Å². The van der Waals surface area contributed by atoms with Crippen molar-refractivity contribution >= 4 is 22.9 Å². The first-order chi connectivity index (χ1) is 9.99. The van der Waals surface area contributed by atoms with Gasteiger partial charge in [0.15, 0.2) is 0 Å². The largest absolute Gasteiger partial charge is 0.349 e. The lowest BCUT2D eigenvalue weighted by molar-refractivity contribution is 0.0941. The summed E-state index contributed by atoms with van der Waals surface area (Å²) in [5.41, 5.74) is 4.85. The van der Waals surface area contributed by atoms with E-state index in [-0.39, 0.29) is 11.9 Å². The summed E-state index contributed by atoms with van der Waals surface area (Å²) in [5.74, 6) is 5.38. The third kappa shape index (κ3) is 4.06. The molecule has 4 N–H and O–H groups in total. The van der Waals surface area contributed by atoms with Gasteiger partial charge in [0.2, 0.25) is 0 Å². The van der Waals surface area contributed by atoms with Crippen LogP contribution >= 0.6 is 11.3 Å². The highest BCUT2D eigenvalue weighted by molar-refractivity contribution is 7.11. The number of anilines is 1. The van der Waals surface area contributed by atoms with Gasteiger partial charge in [-0.3, -0.25) is 10.6 Å². The monoisotopic (exact) mass is 303 g/mol. The number of nitrogens with one attached hydrogen (secondary N) is 2. The molecule has 0 saturated heterocycles. The van der Waals surface area contributed by atoms with Crippen LogP contribution in [0.5, 0.6) is 0 Å². The molecule has 1 amide bonds. The first kappa shape index (κ1) is 15.5. The smallest absolute Gasteiger partial charge is 0.253 e. The highest BCUT2D eigenvalue weighted by Crippen LogP contribution is 2.18. The first-order valence-corrected chi connectivity index (χ1v) is 7.74. The van der Waals surface area contributed by atoms with Crippen molar-refractivity contribution in [2.45, 2.75) is 33.2 Å². The van der Waals surface area contributed by atoms with Gasteiger partial charge < -0.3 is 10.7 Å². The van der Waals surface area contributed by atoms with Crippen molar-refractivity contribution in [3.63, 3.8) is 0 Å². The van der Waals surface area contributed by atoms with Crippen molar-refractivity contribution in [1.82, 2.24) is 5.32 Å². The molecule has 0 bridgehead atoms. The van der Waals surface area contributed by atoms with Crippen molar-refractivity contribution in [2.75, 3.05) is 5.43 Å². The van der Waals surface area contributed by atoms with E-state index in [1.165, 1.54) is 9.75 Å². The molecule has 0 fully saturated rings. The first-order valence-electron chi connectivity index (χ1n) is 6.93. The van der Waals surface area contributed by atoms with Crippen LogP contribution in [0.4, 0.5) is 5.69 Å². The average Bonchev–Trinajstić information content (AvgIpc) is 2.83. The summed E-state index contributed by atoms with van der Waals surface area (Å²) in [6.07, 6.45) is 0.835. The molecule has 1 heterocycles. The Kier molecular flexibility index (Phi) is 4.98. The predicted octanol–water partition coefficient (Wildman–Crippen LogP) is 3.01. The Labute approximate surface area is 129 Å². The molecule has 0 aliphatic rings. The zero-order valence-corrected chi connectivity index (χ0v) is 13.4. The SMILES string of the molecule is Cc1ccc(C(=O)NC(C)Cc2ccc(C)s2)c(NN)c1. The van der Waals surface area contributed by atoms with Crippen molar-refractivity contribution in [3.05, 3.63) is 51.2 Å². The second kappa shape index (κ2) is 6.74. The fourth-order valence-corrected chi connectivity index (χ4v) is 3.24. The lowest BCUT2D eigenvalue weighted by atomic mass is 10.1. The molecule has 1 aromatic heterocycles. The van der Waals surface area contributed by atoms with Gasteiger partial charge in [-0.2, -0.15) is 0 Å². The summed E-state index contributed by atoms with van der Waals surface area (Å²) in [7, 11) is 0. The van der Waals surface area contributed by atoms with Gasteiger partial charge >= 0.3 is 0 Å². The van der Waals surface area contributed by atoms with Crippen LogP contribution in [-0.4, -0.2) is 11.9 Å². The van der Waals surface area contributed by atoms with Gasteiger partial charge in [0.25, 0.3) is 5.91 Å². The summed E-state index contributed by atoms with van der Waals surface area (Å²) in [6.45, 7) is 6.06. The standard InChI is InChI=1S/C16H21N3OS/c1-10-4-7-14(15(8-10)19-17)16(20)18-11(2)9-13-6-5-12(3)21-13/h4-8,11,19H,9,17H2,1-3H3,(H,18,20). The molecule has 1 atom stereocenters. The Balaban J connectivity index is 2.03. The fourth-order valence-electron chi connectivity index (χ4n) is 2.22. The molecule has 0 spiro atoms. The van der Waals surface area contributed by atoms with Crippen LogP contribution < -0.4 is 16.6 Å². The molecule has 21 heavy (non-hydrogen) atoms. The van der Waals surface area contributed by atoms with E-state index in [0.717, 1.165) is 12.0 Å². The highest BCUT2D eigenvalue weighted by Gasteiger charge is 2.14. The quantitative estimate of drug-likeness (QED) is 0.587. The number of nitrogens with two attached hydrogens (primary N) is 1. The normalized spacial score (nSPS) is 12.0. The van der Waals surface area contributed by atoms with E-state index in [0.29, 0.717) is 11.3 Å². The zero-order valence-electron chi connectivity index (χ0n) is 12.6. The maximum Gasteiger partial charge on any atom is 0.253 e. The molecule has 0 aliphatic heterocycles. The van der Waals surface area contributed by atoms with Crippen LogP contribution in [0.2, 0.25) is 0 Å². The Hall–Kier alpha value is -1.85. The topological polar surface area (TPSA) is 67.2 Å². The molecule has 1 aromatic carbocycles. The van der Waals surface area contributed by atoms with Crippen LogP contribution in [0.15, 0.2) is 30.3 Å². The molecule has 0 aliphatic carbocycles. The van der Waals surface area contributed by atoms with Crippen molar-refractivity contribution < 1.29 is 4.79 Å². The number of amides is 1. The Bertz CT molecular complexity index is 636. The number of hydrogen-bond donors (Lipinski definition) is 3. The number of nitrogen functional groups attached to an aromatic ring is 1. The fraction of sp³-hybridized carbons (Fsp3) is 0.312. The van der Waals surface area contributed by atoms with Gasteiger partial charge in [-0.1, -0.05) is 6.07 Å². The minimum absolute atomic E-state index is 0.0717. The number of hydrazine groups is 1. The average molecular weight is 303 g/mol. The minimum atomic E-state index is -0.108. The summed E-state index contributed by atoms with van der Waals surface area (Å²) in [4.78, 5) is 14.9. The molecule has 2 aromatic rings. The van der Waals surface area contributed by atoms with Gasteiger partial charge in [-0.05, 0) is 50.6 Å². The summed E-state index contributed by atoms with van der Waals surface area (Å²) in [5, 5.41) is 3.02. The maximum absolute atomic E-state index is 12.3. The molecule has 5 heteroatoms. The van der Waals surface area contributed by atoms with E-state index in [1.54, 1.807) is 17.4 Å². The number of aryl methyl sites for hydroxylation is 2. The predicted molar refractivity (Wildman–Crippen MR) is 88.7 cm³/mol. The summed E-state index contributed by atoms with van der Waals surface area (Å²) in [6, 6.07) is 9.85. The number of rotatable bonds is 5. The molecular weight excluding hydrogens is 282 g/mol. The minimum Gasteiger partial charge on any atom is -0.349 e. The Morgan fingerprint density at radius 3 is 2.67 bits per heavy atom. The zero-order chi connectivity index (χ0) is 15.4. The van der Waals surface area contributed by atoms with Gasteiger partial charge in [0.05, 0.1) is 11.3 Å². The van der Waals surface area contributed by atoms with Crippen molar-refractivity contribution in [1.29, 1.82) is 0 Å². The second-order valence-corrected chi connectivity index (χ2v) is 6.66. The molecule has 0 saturated carbocycles. The summed E-state index contributed by atoms with van der Waals surface area (Å²) < 4.78 is 0. The second-order valence-electron chi connectivity index (χ2n) is 5.28. The lowest BCUT2D eigenvalue weighted by Crippen LogP contribution is -2.34. The van der Waals surface area contributed by atoms with E-state index in [2.05, 4.69) is 29.8 Å². The van der Waals surface area contributed by atoms with Crippen LogP contribution in [0.3, 0.4) is 0 Å². The van der Waals surface area contributed by atoms with Crippen molar-refractivity contribution in [3.8, 4) is 0 Å². The number of carbonyl (C=O) groups excluding carboxylic acids is 1. The van der Waals surface area contributed by atoms with Crippen LogP contribution in [0.1, 0.15) is 32.6 Å². The number of thiophene rings is 1. The number of hydrogen-bond acceptors (Lipinski definition) is 4. The van der Waals surface area contributed by atoms with Gasteiger partial charge in [-0.25, -0.2) is 0 Å². The van der Waals surface area contributed by atoms with Crippen LogP contribution in [-0.2, 0) is 6.42 Å². The molecule has 2 rings (SSSR count). The van der Waals surface area contributed by atoms with Gasteiger partial charge in [0.1, 0.15) is 0 Å². The molecule has 1 unspecified atom stereocenters. The molecular formula is C16H21N3OS. The lowest BCUT2D eigenvalue weighted by Gasteiger charge is -2.15. The third-order valence-electron chi connectivity index (χ3n) is 3.26. The Morgan fingerprint density at radius 2 is 2.05 bits per heavy atom. The number of carbonyl (C=O) groups is 1. The number of benzene rings is 1. The Morgan fingerprint density at radius 1 is 1.29 bits per heavy atom. The molecule has 0 radical (unpaired) electrons. The van der Waals surface area contributed by atoms with E-state index in [4.69, 9.17) is 5.84 Å². The maximum atomic E-state index is 12.3. The molecule has 4 nitrogen and oxygen atoms in total. The van der Waals surface area contributed by atoms with E-state index >= 15 is 0 Å². The third-order valence-corrected chi connectivity index (χ3v) is 4.28.